The van der Waals surface area contributed by atoms with Gasteiger partial charge in [0.1, 0.15) is 5.69 Å². The number of non-ortho nitro benzene ring substituents is 1. The second-order valence-corrected chi connectivity index (χ2v) is 7.98. The fourth-order valence-corrected chi connectivity index (χ4v) is 5.16. The van der Waals surface area contributed by atoms with Gasteiger partial charge in [0.05, 0.1) is 15.9 Å². The van der Waals surface area contributed by atoms with Crippen LogP contribution in [-0.4, -0.2) is 15.6 Å². The molecule has 1 aromatic carbocycles. The molecule has 0 unspecified atom stereocenters. The van der Waals surface area contributed by atoms with Gasteiger partial charge in [0.15, 0.2) is 0 Å². The van der Waals surface area contributed by atoms with E-state index in [2.05, 4.69) is 16.6 Å². The number of nitrogens with one attached hydrogen (secondary N) is 1. The van der Waals surface area contributed by atoms with Crippen molar-refractivity contribution in [3.8, 4) is 0 Å². The van der Waals surface area contributed by atoms with E-state index >= 15 is 0 Å². The van der Waals surface area contributed by atoms with Gasteiger partial charge < -0.3 is 0 Å². The summed E-state index contributed by atoms with van der Waals surface area (Å²) in [6.45, 7) is 0. The topological polar surface area (TPSA) is 111 Å². The number of allylic oxidation sites excluding steroid dienone is 2. The molecule has 0 heterocycles. The predicted molar refractivity (Wildman–Crippen MR) is 106 cm³/mol. The van der Waals surface area contributed by atoms with Gasteiger partial charge in [-0.2, -0.15) is 5.10 Å². The van der Waals surface area contributed by atoms with Gasteiger partial charge >= 0.3 is 5.69 Å². The molecule has 1 N–H and O–H groups in total. The molecule has 0 aromatic heterocycles. The number of benzene rings is 1. The van der Waals surface area contributed by atoms with E-state index in [1.54, 1.807) is 5.57 Å². The Kier molecular flexibility index (Phi) is 5.11. The first kappa shape index (κ1) is 18.6. The van der Waals surface area contributed by atoms with Crippen molar-refractivity contribution in [3.63, 3.8) is 0 Å². The lowest BCUT2D eigenvalue weighted by Gasteiger charge is -2.44. The number of nitro benzene ring substituents is 2. The molecule has 4 rings (SSSR count). The van der Waals surface area contributed by atoms with E-state index in [4.69, 9.17) is 0 Å². The van der Waals surface area contributed by atoms with Gasteiger partial charge in [0, 0.05) is 17.7 Å². The zero-order valence-corrected chi connectivity index (χ0v) is 15.7. The fraction of sp³-hybridized carbons (Fsp3) is 0.550. The Morgan fingerprint density at radius 2 is 1.89 bits per heavy atom. The fourth-order valence-electron chi connectivity index (χ4n) is 5.16. The zero-order chi connectivity index (χ0) is 19.7. The Morgan fingerprint density at radius 3 is 2.68 bits per heavy atom. The second kappa shape index (κ2) is 7.69. The Bertz CT molecular complexity index is 864. The number of fused-ring (bicyclic) bond motifs is 3. The van der Waals surface area contributed by atoms with Crippen molar-refractivity contribution in [1.82, 2.24) is 0 Å². The highest BCUT2D eigenvalue weighted by Gasteiger charge is 2.40. The summed E-state index contributed by atoms with van der Waals surface area (Å²) in [4.78, 5) is 21.0. The van der Waals surface area contributed by atoms with Crippen LogP contribution in [-0.2, 0) is 0 Å². The molecule has 0 saturated heterocycles. The van der Waals surface area contributed by atoms with Crippen LogP contribution < -0.4 is 5.43 Å². The maximum atomic E-state index is 11.4. The van der Waals surface area contributed by atoms with Crippen molar-refractivity contribution < 1.29 is 9.85 Å². The second-order valence-electron chi connectivity index (χ2n) is 7.98. The van der Waals surface area contributed by atoms with Crippen LogP contribution in [0.25, 0.3) is 0 Å². The SMILES string of the molecule is O=[N+]([O-])c1ccc(N/N=C2/CCC[C@H]3CC=C4CCCC[C@H]4[C@H]23)c([N+](=O)[O-])c1. The molecule has 0 radical (unpaired) electrons. The summed E-state index contributed by atoms with van der Waals surface area (Å²) in [5.74, 6) is 1.58. The molecule has 8 nitrogen and oxygen atoms in total. The summed E-state index contributed by atoms with van der Waals surface area (Å²) < 4.78 is 0. The van der Waals surface area contributed by atoms with Crippen molar-refractivity contribution in [3.05, 3.63) is 50.1 Å². The molecule has 148 valence electrons. The van der Waals surface area contributed by atoms with Crippen LogP contribution in [0.4, 0.5) is 17.1 Å². The standard InChI is InChI=1S/C20H24N4O4/c25-23(26)15-10-11-17(19(12-15)24(27)28)21-22-18-7-3-5-14-9-8-13-4-1-2-6-16(13)20(14)18/h8,10-12,14,16,20-21H,1-7,9H2/b22-18-/t14-,16+,20+/m0/s1. The number of nitrogens with zero attached hydrogens (tertiary/aromatic N) is 3. The minimum absolute atomic E-state index is 0.195. The summed E-state index contributed by atoms with van der Waals surface area (Å²) in [5, 5.41) is 26.9. The first-order valence-corrected chi connectivity index (χ1v) is 9.99. The van der Waals surface area contributed by atoms with E-state index in [1.165, 1.54) is 44.2 Å². The van der Waals surface area contributed by atoms with Gasteiger partial charge in [-0.25, -0.2) is 0 Å². The Balaban J connectivity index is 1.61. The Morgan fingerprint density at radius 1 is 1.04 bits per heavy atom. The maximum Gasteiger partial charge on any atom is 0.301 e. The number of nitro groups is 2. The molecular weight excluding hydrogens is 360 g/mol. The molecule has 0 amide bonds. The smallest absolute Gasteiger partial charge is 0.272 e. The van der Waals surface area contributed by atoms with Crippen molar-refractivity contribution in [1.29, 1.82) is 0 Å². The number of hydrogen-bond donors (Lipinski definition) is 1. The number of anilines is 1. The summed E-state index contributed by atoms with van der Waals surface area (Å²) in [6, 6.07) is 3.62. The molecule has 2 fully saturated rings. The summed E-state index contributed by atoms with van der Waals surface area (Å²) >= 11 is 0. The molecule has 3 aliphatic rings. The van der Waals surface area contributed by atoms with Crippen LogP contribution in [0.3, 0.4) is 0 Å². The molecule has 0 bridgehead atoms. The van der Waals surface area contributed by atoms with Crippen LogP contribution in [0.1, 0.15) is 51.4 Å². The molecule has 8 heteroatoms. The molecule has 3 atom stereocenters. The van der Waals surface area contributed by atoms with Gasteiger partial charge in [0.2, 0.25) is 0 Å². The minimum Gasteiger partial charge on any atom is -0.272 e. The van der Waals surface area contributed by atoms with Gasteiger partial charge in [-0.3, -0.25) is 25.7 Å². The molecule has 0 aliphatic heterocycles. The van der Waals surface area contributed by atoms with Gasteiger partial charge in [-0.05, 0) is 62.8 Å². The lowest BCUT2D eigenvalue weighted by molar-refractivity contribution is -0.393. The third kappa shape index (κ3) is 3.50. The Hall–Kier alpha value is -2.77. The van der Waals surface area contributed by atoms with E-state index in [0.717, 1.165) is 31.0 Å². The third-order valence-corrected chi connectivity index (χ3v) is 6.43. The lowest BCUT2D eigenvalue weighted by atomic mass is 9.61. The van der Waals surface area contributed by atoms with E-state index in [1.807, 2.05) is 0 Å². The molecule has 3 aliphatic carbocycles. The summed E-state index contributed by atoms with van der Waals surface area (Å²) in [7, 11) is 0. The van der Waals surface area contributed by atoms with Crippen LogP contribution in [0.15, 0.2) is 34.9 Å². The van der Waals surface area contributed by atoms with Crippen molar-refractivity contribution >= 4 is 22.8 Å². The number of rotatable bonds is 4. The minimum atomic E-state index is -0.632. The zero-order valence-electron chi connectivity index (χ0n) is 15.7. The van der Waals surface area contributed by atoms with E-state index in [0.29, 0.717) is 17.8 Å². The van der Waals surface area contributed by atoms with E-state index in [9.17, 15) is 20.2 Å². The van der Waals surface area contributed by atoms with Gasteiger partial charge in [0.25, 0.3) is 5.69 Å². The van der Waals surface area contributed by atoms with Crippen LogP contribution >= 0.6 is 0 Å². The molecule has 2 saturated carbocycles. The van der Waals surface area contributed by atoms with E-state index < -0.39 is 9.85 Å². The number of hydrogen-bond acceptors (Lipinski definition) is 6. The largest absolute Gasteiger partial charge is 0.301 e. The monoisotopic (exact) mass is 384 g/mol. The molecule has 1 aromatic rings. The first-order valence-electron chi connectivity index (χ1n) is 9.99. The first-order chi connectivity index (χ1) is 13.5. The van der Waals surface area contributed by atoms with Crippen LogP contribution in [0.5, 0.6) is 0 Å². The summed E-state index contributed by atoms with van der Waals surface area (Å²) in [5.41, 5.74) is 5.10. The summed E-state index contributed by atoms with van der Waals surface area (Å²) in [6.07, 6.45) is 11.6. The number of hydrazone groups is 1. The highest BCUT2D eigenvalue weighted by atomic mass is 16.6. The Labute approximate surface area is 163 Å². The van der Waals surface area contributed by atoms with Gasteiger partial charge in [-0.1, -0.05) is 18.1 Å². The molecule has 28 heavy (non-hydrogen) atoms. The average Bonchev–Trinajstić information content (AvgIpc) is 2.71. The van der Waals surface area contributed by atoms with Gasteiger partial charge in [-0.15, -0.1) is 0 Å². The van der Waals surface area contributed by atoms with Crippen molar-refractivity contribution in [2.24, 2.45) is 22.9 Å². The molecule has 0 spiro atoms. The van der Waals surface area contributed by atoms with Crippen molar-refractivity contribution in [2.45, 2.75) is 51.4 Å². The quantitative estimate of drug-likeness (QED) is 0.435. The maximum absolute atomic E-state index is 11.4. The average molecular weight is 384 g/mol. The highest BCUT2D eigenvalue weighted by Crippen LogP contribution is 2.47. The molecular formula is C20H24N4O4. The van der Waals surface area contributed by atoms with Crippen molar-refractivity contribution in [2.75, 3.05) is 5.43 Å². The normalized spacial score (nSPS) is 28.1. The lowest BCUT2D eigenvalue weighted by Crippen LogP contribution is -2.39. The van der Waals surface area contributed by atoms with Crippen LogP contribution in [0.2, 0.25) is 0 Å². The highest BCUT2D eigenvalue weighted by molar-refractivity contribution is 5.89. The van der Waals surface area contributed by atoms with E-state index in [-0.39, 0.29) is 17.1 Å². The predicted octanol–water partition coefficient (Wildman–Crippen LogP) is 5.21. The third-order valence-electron chi connectivity index (χ3n) is 6.43. The van der Waals surface area contributed by atoms with Crippen LogP contribution in [0, 0.1) is 38.0 Å².